The largest absolute Gasteiger partial charge is 0.471 e. The Morgan fingerprint density at radius 1 is 1.48 bits per heavy atom. The Hall–Kier alpha value is -3.13. The van der Waals surface area contributed by atoms with Gasteiger partial charge in [0.2, 0.25) is 5.69 Å². The summed E-state index contributed by atoms with van der Waals surface area (Å²) in [4.78, 5) is 21.4. The number of halogens is 3. The molecule has 3 aromatic heterocycles. The van der Waals surface area contributed by atoms with Gasteiger partial charge in [0.1, 0.15) is 5.76 Å². The zero-order valence-corrected chi connectivity index (χ0v) is 14.4. The van der Waals surface area contributed by atoms with E-state index < -0.39 is 12.1 Å². The number of carbonyl (C=O) groups is 1. The molecular formula is C16H12F3N5O2S. The molecule has 0 bridgehead atoms. The van der Waals surface area contributed by atoms with Crippen molar-refractivity contribution in [2.45, 2.75) is 19.1 Å². The van der Waals surface area contributed by atoms with Crippen LogP contribution in [0.25, 0.3) is 27.3 Å². The molecule has 0 aliphatic rings. The van der Waals surface area contributed by atoms with E-state index in [2.05, 4.69) is 14.8 Å². The van der Waals surface area contributed by atoms with Gasteiger partial charge in [0, 0.05) is 13.1 Å². The number of aryl methyl sites for hydroxylation is 1. The first kappa shape index (κ1) is 18.7. The van der Waals surface area contributed by atoms with Crippen LogP contribution in [-0.4, -0.2) is 33.2 Å². The Morgan fingerprint density at radius 2 is 2.26 bits per heavy atom. The van der Waals surface area contributed by atoms with Crippen molar-refractivity contribution >= 4 is 34.8 Å². The molecule has 0 saturated carbocycles. The van der Waals surface area contributed by atoms with Crippen molar-refractivity contribution in [2.75, 3.05) is 6.54 Å². The van der Waals surface area contributed by atoms with Crippen molar-refractivity contribution in [3.8, 4) is 11.5 Å². The van der Waals surface area contributed by atoms with Crippen molar-refractivity contribution in [2.24, 2.45) is 0 Å². The van der Waals surface area contributed by atoms with Crippen LogP contribution in [0.3, 0.4) is 0 Å². The third-order valence-electron chi connectivity index (χ3n) is 3.80. The van der Waals surface area contributed by atoms with Gasteiger partial charge in [-0.15, -0.1) is 0 Å². The maximum absolute atomic E-state index is 12.3. The summed E-state index contributed by atoms with van der Waals surface area (Å²) in [5.74, 6) is -1.58. The molecule has 0 aliphatic heterocycles. The summed E-state index contributed by atoms with van der Waals surface area (Å²) in [6.45, 7) is 7.51. The summed E-state index contributed by atoms with van der Waals surface area (Å²) in [6, 6.07) is 3.33. The highest BCUT2D eigenvalue weighted by Gasteiger charge is 2.38. The Bertz CT molecular complexity index is 1080. The molecule has 7 nitrogen and oxygen atoms in total. The Balaban J connectivity index is 1.97. The zero-order chi connectivity index (χ0) is 19.6. The lowest BCUT2D eigenvalue weighted by molar-refractivity contribution is -0.173. The highest BCUT2D eigenvalue weighted by Crippen LogP contribution is 2.39. The van der Waals surface area contributed by atoms with Crippen LogP contribution in [0, 0.1) is 11.2 Å². The lowest BCUT2D eigenvalue weighted by Gasteiger charge is -2.11. The number of aromatic nitrogens is 3. The predicted octanol–water partition coefficient (Wildman–Crippen LogP) is 3.97. The minimum absolute atomic E-state index is 0.181. The zero-order valence-electron chi connectivity index (χ0n) is 13.6. The highest BCUT2D eigenvalue weighted by atomic mass is 32.1. The third kappa shape index (κ3) is 3.56. The summed E-state index contributed by atoms with van der Waals surface area (Å²) < 4.78 is 44.1. The normalized spacial score (nSPS) is 11.5. The van der Waals surface area contributed by atoms with Crippen LogP contribution in [0.5, 0.6) is 0 Å². The van der Waals surface area contributed by atoms with Crippen molar-refractivity contribution in [3.63, 3.8) is 0 Å². The second kappa shape index (κ2) is 7.24. The van der Waals surface area contributed by atoms with E-state index in [1.807, 2.05) is 5.32 Å². The average Bonchev–Trinajstić information content (AvgIpc) is 3.23. The molecule has 0 aromatic carbocycles. The first-order valence-electron chi connectivity index (χ1n) is 7.71. The summed E-state index contributed by atoms with van der Waals surface area (Å²) in [7, 11) is 0. The van der Waals surface area contributed by atoms with Crippen LogP contribution in [-0.2, 0) is 11.3 Å². The molecule has 2 N–H and O–H groups in total. The van der Waals surface area contributed by atoms with Gasteiger partial charge in [0.25, 0.3) is 0 Å². The molecule has 0 spiro atoms. The number of rotatable bonds is 5. The molecular weight excluding hydrogens is 383 g/mol. The predicted molar refractivity (Wildman–Crippen MR) is 92.6 cm³/mol. The van der Waals surface area contributed by atoms with Crippen LogP contribution in [0.2, 0.25) is 0 Å². The molecule has 3 rings (SSSR count). The van der Waals surface area contributed by atoms with Crippen molar-refractivity contribution in [1.82, 2.24) is 19.9 Å². The Labute approximate surface area is 155 Å². The fourth-order valence-corrected chi connectivity index (χ4v) is 2.98. The second-order valence-electron chi connectivity index (χ2n) is 5.48. The van der Waals surface area contributed by atoms with Gasteiger partial charge in [0.15, 0.2) is 4.64 Å². The number of aromatic amines is 1. The summed E-state index contributed by atoms with van der Waals surface area (Å²) in [6.07, 6.45) is -1.92. The molecule has 0 radical (unpaired) electrons. The lowest BCUT2D eigenvalue weighted by atomic mass is 10.2. The van der Waals surface area contributed by atoms with E-state index in [4.69, 9.17) is 23.2 Å². The number of hydrogen-bond donors (Lipinski definition) is 2. The molecule has 0 saturated heterocycles. The second-order valence-corrected chi connectivity index (χ2v) is 5.86. The fraction of sp³-hybridized carbons (Fsp3) is 0.250. The van der Waals surface area contributed by atoms with Crippen LogP contribution in [0.1, 0.15) is 6.42 Å². The SMILES string of the molecule is [C-]#[N+]c1c(-c2ccco2)n(CCCNC(=O)C(F)(F)F)c2c(=S)nc[nH]c12. The van der Waals surface area contributed by atoms with E-state index in [1.165, 1.54) is 12.6 Å². The van der Waals surface area contributed by atoms with Gasteiger partial charge < -0.3 is 19.3 Å². The van der Waals surface area contributed by atoms with E-state index in [-0.39, 0.29) is 29.8 Å². The van der Waals surface area contributed by atoms with Gasteiger partial charge in [-0.1, -0.05) is 12.2 Å². The number of amides is 1. The van der Waals surface area contributed by atoms with Crippen molar-refractivity contribution < 1.29 is 22.4 Å². The lowest BCUT2D eigenvalue weighted by Crippen LogP contribution is -2.37. The third-order valence-corrected chi connectivity index (χ3v) is 4.10. The summed E-state index contributed by atoms with van der Waals surface area (Å²) >= 11 is 5.26. The minimum Gasteiger partial charge on any atom is -0.464 e. The molecule has 0 unspecified atom stereocenters. The minimum atomic E-state index is -4.93. The Morgan fingerprint density at radius 3 is 2.89 bits per heavy atom. The number of fused-ring (bicyclic) bond motifs is 1. The van der Waals surface area contributed by atoms with E-state index in [1.54, 1.807) is 16.7 Å². The number of H-pyrrole nitrogens is 1. The smallest absolute Gasteiger partial charge is 0.464 e. The molecule has 0 fully saturated rings. The van der Waals surface area contributed by atoms with Crippen molar-refractivity contribution in [3.05, 3.63) is 40.8 Å². The molecule has 27 heavy (non-hydrogen) atoms. The number of nitrogens with one attached hydrogen (secondary N) is 2. The maximum Gasteiger partial charge on any atom is 0.471 e. The fourth-order valence-electron chi connectivity index (χ4n) is 2.72. The topological polar surface area (TPSA) is 80.2 Å². The first-order chi connectivity index (χ1) is 12.8. The Kier molecular flexibility index (Phi) is 5.00. The van der Waals surface area contributed by atoms with Crippen LogP contribution in [0.15, 0.2) is 29.1 Å². The van der Waals surface area contributed by atoms with Gasteiger partial charge in [-0.25, -0.2) is 9.83 Å². The van der Waals surface area contributed by atoms with Gasteiger partial charge in [-0.05, 0) is 18.6 Å². The van der Waals surface area contributed by atoms with E-state index in [0.29, 0.717) is 22.5 Å². The molecule has 11 heteroatoms. The van der Waals surface area contributed by atoms with Gasteiger partial charge in [-0.3, -0.25) is 4.79 Å². The van der Waals surface area contributed by atoms with E-state index in [0.717, 1.165) is 0 Å². The molecule has 3 heterocycles. The molecule has 3 aromatic rings. The van der Waals surface area contributed by atoms with Gasteiger partial charge in [0.05, 0.1) is 35.9 Å². The van der Waals surface area contributed by atoms with E-state index >= 15 is 0 Å². The molecule has 1 amide bonds. The van der Waals surface area contributed by atoms with Gasteiger partial charge in [-0.2, -0.15) is 13.2 Å². The van der Waals surface area contributed by atoms with E-state index in [9.17, 15) is 18.0 Å². The quantitative estimate of drug-likeness (QED) is 0.389. The maximum atomic E-state index is 12.3. The first-order valence-corrected chi connectivity index (χ1v) is 8.11. The van der Waals surface area contributed by atoms with Crippen molar-refractivity contribution in [1.29, 1.82) is 0 Å². The monoisotopic (exact) mass is 395 g/mol. The van der Waals surface area contributed by atoms with Crippen LogP contribution in [0.4, 0.5) is 18.9 Å². The number of carbonyl (C=O) groups excluding carboxylic acids is 1. The molecule has 0 atom stereocenters. The molecule has 140 valence electrons. The van der Waals surface area contributed by atoms with Gasteiger partial charge >= 0.3 is 12.1 Å². The summed E-state index contributed by atoms with van der Waals surface area (Å²) in [5, 5.41) is 1.82. The number of hydrogen-bond acceptors (Lipinski definition) is 4. The van der Waals surface area contributed by atoms with Crippen LogP contribution < -0.4 is 5.32 Å². The summed E-state index contributed by atoms with van der Waals surface area (Å²) in [5.41, 5.74) is 1.66. The van der Waals surface area contributed by atoms with Crippen LogP contribution >= 0.6 is 12.2 Å². The highest BCUT2D eigenvalue weighted by molar-refractivity contribution is 7.71. The molecule has 0 aliphatic carbocycles. The standard InChI is InChI=1S/C16H12F3N5O2S/c1-20-10-11-13(14(27)23-8-22-11)24(12(10)9-4-2-7-26-9)6-3-5-21-15(25)16(17,18)19/h2,4,7-8H,3,5-6H2,(H,21,25)(H,22,23,27). The average molecular weight is 395 g/mol. The number of alkyl halides is 3. The number of furan rings is 1. The number of nitrogens with zero attached hydrogens (tertiary/aromatic N) is 3.